The summed E-state index contributed by atoms with van der Waals surface area (Å²) in [5.41, 5.74) is 0.0101. The summed E-state index contributed by atoms with van der Waals surface area (Å²) in [5, 5.41) is 14.4. The minimum Gasteiger partial charge on any atom is -0.324 e. The maximum Gasteiger partial charge on any atom is 0.306 e. The summed E-state index contributed by atoms with van der Waals surface area (Å²) in [7, 11) is 0. The molecular weight excluding hydrogens is 341 g/mol. The molecular formula is C17H14FN5O3. The van der Waals surface area contributed by atoms with Crippen molar-refractivity contribution in [3.63, 3.8) is 0 Å². The fourth-order valence-electron chi connectivity index (χ4n) is 2.73. The van der Waals surface area contributed by atoms with Gasteiger partial charge in [-0.1, -0.05) is 0 Å². The molecule has 1 aliphatic rings. The van der Waals surface area contributed by atoms with E-state index in [1.807, 2.05) is 0 Å². The number of nitro groups is 1. The smallest absolute Gasteiger partial charge is 0.306 e. The second-order valence-electron chi connectivity index (χ2n) is 6.25. The summed E-state index contributed by atoms with van der Waals surface area (Å²) in [4.78, 5) is 30.8. The Hall–Kier alpha value is -3.36. The summed E-state index contributed by atoms with van der Waals surface area (Å²) in [5.74, 6) is -0.253. The Morgan fingerprint density at radius 1 is 1.31 bits per heavy atom. The van der Waals surface area contributed by atoms with Crippen molar-refractivity contribution in [1.82, 2.24) is 14.5 Å². The van der Waals surface area contributed by atoms with Crippen molar-refractivity contribution < 1.29 is 9.31 Å². The summed E-state index contributed by atoms with van der Waals surface area (Å²) in [6.07, 6.45) is 3.77. The topological polar surface area (TPSA) is 103 Å². The lowest BCUT2D eigenvalue weighted by atomic mass is 10.2. The average molecular weight is 355 g/mol. The van der Waals surface area contributed by atoms with Crippen LogP contribution in [0.1, 0.15) is 12.8 Å². The van der Waals surface area contributed by atoms with Crippen molar-refractivity contribution in [2.75, 3.05) is 5.32 Å². The Balaban J connectivity index is 1.72. The van der Waals surface area contributed by atoms with Gasteiger partial charge in [-0.15, -0.1) is 0 Å². The fraction of sp³-hybridized carbons (Fsp3) is 0.235. The van der Waals surface area contributed by atoms with E-state index in [9.17, 15) is 19.3 Å². The van der Waals surface area contributed by atoms with Crippen molar-refractivity contribution in [2.24, 2.45) is 5.92 Å². The van der Waals surface area contributed by atoms with E-state index in [0.29, 0.717) is 18.1 Å². The molecule has 0 spiro atoms. The monoisotopic (exact) mass is 355 g/mol. The summed E-state index contributed by atoms with van der Waals surface area (Å²) in [6.45, 7) is 0.606. The lowest BCUT2D eigenvalue weighted by Gasteiger charge is -2.10. The van der Waals surface area contributed by atoms with Crippen LogP contribution in [0.15, 0.2) is 41.3 Å². The lowest BCUT2D eigenvalue weighted by molar-refractivity contribution is -0.387. The normalized spacial score (nSPS) is 13.7. The Morgan fingerprint density at radius 2 is 2.12 bits per heavy atom. The molecule has 0 amide bonds. The molecule has 1 saturated carbocycles. The Morgan fingerprint density at radius 3 is 2.85 bits per heavy atom. The molecule has 1 aromatic carbocycles. The number of pyridine rings is 1. The number of aromatic nitrogens is 3. The van der Waals surface area contributed by atoms with Crippen molar-refractivity contribution in [1.29, 1.82) is 0 Å². The second-order valence-corrected chi connectivity index (χ2v) is 6.25. The maximum atomic E-state index is 13.5. The van der Waals surface area contributed by atoms with E-state index in [0.717, 1.165) is 30.4 Å². The van der Waals surface area contributed by atoms with Crippen molar-refractivity contribution in [2.45, 2.75) is 19.4 Å². The van der Waals surface area contributed by atoms with Crippen LogP contribution in [0.3, 0.4) is 0 Å². The fourth-order valence-corrected chi connectivity index (χ4v) is 2.73. The predicted octanol–water partition coefficient (Wildman–Crippen LogP) is 2.99. The number of rotatable bonds is 5. The predicted molar refractivity (Wildman–Crippen MR) is 92.9 cm³/mol. The first-order valence-electron chi connectivity index (χ1n) is 8.09. The van der Waals surface area contributed by atoms with Gasteiger partial charge in [-0.3, -0.25) is 19.5 Å². The number of halogens is 1. The van der Waals surface area contributed by atoms with E-state index < -0.39 is 16.4 Å². The number of nitrogens with one attached hydrogen (secondary N) is 1. The maximum absolute atomic E-state index is 13.5. The molecule has 1 aliphatic carbocycles. The zero-order valence-corrected chi connectivity index (χ0v) is 13.6. The number of nitro benzene ring substituents is 1. The van der Waals surface area contributed by atoms with Crippen LogP contribution >= 0.6 is 0 Å². The van der Waals surface area contributed by atoms with E-state index in [1.54, 1.807) is 16.8 Å². The van der Waals surface area contributed by atoms with Gasteiger partial charge in [0, 0.05) is 35.9 Å². The van der Waals surface area contributed by atoms with Gasteiger partial charge in [0.1, 0.15) is 5.65 Å². The number of anilines is 2. The van der Waals surface area contributed by atoms with Crippen LogP contribution in [-0.2, 0) is 6.54 Å². The third-order valence-electron chi connectivity index (χ3n) is 4.26. The third-order valence-corrected chi connectivity index (χ3v) is 4.26. The van der Waals surface area contributed by atoms with Crippen LogP contribution in [-0.4, -0.2) is 19.5 Å². The van der Waals surface area contributed by atoms with Gasteiger partial charge < -0.3 is 5.32 Å². The highest BCUT2D eigenvalue weighted by molar-refractivity contribution is 5.75. The van der Waals surface area contributed by atoms with Gasteiger partial charge >= 0.3 is 5.69 Å². The third kappa shape index (κ3) is 3.10. The molecule has 0 aliphatic heterocycles. The molecule has 9 heteroatoms. The van der Waals surface area contributed by atoms with Crippen LogP contribution in [0.4, 0.5) is 21.7 Å². The van der Waals surface area contributed by atoms with Gasteiger partial charge in [-0.25, -0.2) is 4.98 Å². The zero-order valence-electron chi connectivity index (χ0n) is 13.6. The number of fused-ring (bicyclic) bond motifs is 1. The van der Waals surface area contributed by atoms with E-state index in [-0.39, 0.29) is 17.2 Å². The summed E-state index contributed by atoms with van der Waals surface area (Å²) in [6, 6.07) is 6.59. The van der Waals surface area contributed by atoms with E-state index in [2.05, 4.69) is 15.3 Å². The van der Waals surface area contributed by atoms with Crippen LogP contribution in [0, 0.1) is 21.8 Å². The van der Waals surface area contributed by atoms with Crippen molar-refractivity contribution in [3.05, 3.63) is 62.8 Å². The highest BCUT2D eigenvalue weighted by Crippen LogP contribution is 2.31. The molecule has 0 radical (unpaired) electrons. The number of hydrogen-bond acceptors (Lipinski definition) is 6. The molecule has 0 bridgehead atoms. The van der Waals surface area contributed by atoms with Gasteiger partial charge in [-0.2, -0.15) is 9.37 Å². The Bertz CT molecular complexity index is 1080. The zero-order chi connectivity index (χ0) is 18.3. The van der Waals surface area contributed by atoms with Gasteiger partial charge in [0.25, 0.3) is 5.56 Å². The molecule has 3 aromatic rings. The second kappa shape index (κ2) is 6.17. The highest BCUT2D eigenvalue weighted by atomic mass is 19.1. The molecule has 1 fully saturated rings. The van der Waals surface area contributed by atoms with Gasteiger partial charge in [-0.05, 0) is 37.0 Å². The van der Waals surface area contributed by atoms with Gasteiger partial charge in [0.05, 0.1) is 4.92 Å². The SMILES string of the molecule is O=c1ccc2cnc(Nc3ccc(F)c([N+](=O)[O-])c3)nc2n1CC1CC1. The summed E-state index contributed by atoms with van der Waals surface area (Å²) < 4.78 is 15.1. The molecule has 132 valence electrons. The van der Waals surface area contributed by atoms with Crippen LogP contribution in [0.5, 0.6) is 0 Å². The Labute approximate surface area is 146 Å². The molecule has 1 N–H and O–H groups in total. The standard InChI is InChI=1S/C17H14FN5O3/c18-13-5-4-12(7-14(13)23(25)26)20-17-19-8-11-3-6-15(24)22(16(11)21-17)9-10-1-2-10/h3-8,10H,1-2,9H2,(H,19,20,21). The van der Waals surface area contributed by atoms with Crippen LogP contribution < -0.4 is 10.9 Å². The lowest BCUT2D eigenvalue weighted by Crippen LogP contribution is -2.21. The summed E-state index contributed by atoms with van der Waals surface area (Å²) >= 11 is 0. The first-order chi connectivity index (χ1) is 12.5. The number of benzene rings is 1. The van der Waals surface area contributed by atoms with Crippen LogP contribution in [0.2, 0.25) is 0 Å². The van der Waals surface area contributed by atoms with Crippen molar-refractivity contribution >= 4 is 28.4 Å². The van der Waals surface area contributed by atoms with E-state index >= 15 is 0 Å². The molecule has 0 saturated heterocycles. The number of nitrogens with zero attached hydrogens (tertiary/aromatic N) is 4. The average Bonchev–Trinajstić information content (AvgIpc) is 3.43. The van der Waals surface area contributed by atoms with Crippen molar-refractivity contribution in [3.8, 4) is 0 Å². The van der Waals surface area contributed by atoms with E-state index in [1.165, 1.54) is 12.1 Å². The number of hydrogen-bond donors (Lipinski definition) is 1. The molecule has 2 heterocycles. The minimum absolute atomic E-state index is 0.133. The van der Waals surface area contributed by atoms with Gasteiger partial charge in [0.15, 0.2) is 0 Å². The quantitative estimate of drug-likeness (QED) is 0.557. The molecule has 2 aromatic heterocycles. The first kappa shape index (κ1) is 16.1. The minimum atomic E-state index is -0.918. The molecule has 0 unspecified atom stereocenters. The Kier molecular flexibility index (Phi) is 3.83. The highest BCUT2D eigenvalue weighted by Gasteiger charge is 2.23. The van der Waals surface area contributed by atoms with Crippen LogP contribution in [0.25, 0.3) is 11.0 Å². The molecule has 8 nitrogen and oxygen atoms in total. The molecule has 0 atom stereocenters. The van der Waals surface area contributed by atoms with E-state index in [4.69, 9.17) is 0 Å². The molecule has 26 heavy (non-hydrogen) atoms. The van der Waals surface area contributed by atoms with Gasteiger partial charge in [0.2, 0.25) is 11.8 Å². The largest absolute Gasteiger partial charge is 0.324 e. The molecule has 4 rings (SSSR count). The first-order valence-corrected chi connectivity index (χ1v) is 8.09.